The van der Waals surface area contributed by atoms with Crippen LogP contribution in [0.4, 0.5) is 4.39 Å². The van der Waals surface area contributed by atoms with E-state index in [-0.39, 0.29) is 5.54 Å². The fourth-order valence-electron chi connectivity index (χ4n) is 2.80. The lowest BCUT2D eigenvalue weighted by atomic mass is 9.75. The molecule has 2 heteroatoms. The van der Waals surface area contributed by atoms with Crippen molar-refractivity contribution in [2.75, 3.05) is 14.1 Å². The number of rotatable bonds is 2. The van der Waals surface area contributed by atoms with E-state index in [1.54, 1.807) is 0 Å². The molecule has 1 aromatic carbocycles. The van der Waals surface area contributed by atoms with Gasteiger partial charge < -0.3 is 0 Å². The quantitative estimate of drug-likeness (QED) is 0.740. The molecule has 16 heavy (non-hydrogen) atoms. The van der Waals surface area contributed by atoms with Crippen molar-refractivity contribution in [3.8, 4) is 0 Å². The summed E-state index contributed by atoms with van der Waals surface area (Å²) in [4.78, 5) is 2.26. The van der Waals surface area contributed by atoms with E-state index in [1.165, 1.54) is 5.56 Å². The fourth-order valence-corrected chi connectivity index (χ4v) is 2.80. The fraction of sp³-hybridized carbons (Fsp3) is 0.571. The zero-order chi connectivity index (χ0) is 11.6. The molecule has 0 aliphatic heterocycles. The molecule has 0 heterocycles. The zero-order valence-corrected chi connectivity index (χ0v) is 10.1. The summed E-state index contributed by atoms with van der Waals surface area (Å²) in [5, 5.41) is 0. The molecule has 0 unspecified atom stereocenters. The first-order chi connectivity index (χ1) is 7.65. The molecule has 0 bridgehead atoms. The molecule has 1 aliphatic carbocycles. The van der Waals surface area contributed by atoms with Crippen molar-refractivity contribution in [1.82, 2.24) is 4.90 Å². The summed E-state index contributed by atoms with van der Waals surface area (Å²) in [6.45, 7) is 0. The van der Waals surface area contributed by atoms with Gasteiger partial charge in [0.15, 0.2) is 0 Å². The highest BCUT2D eigenvalue weighted by molar-refractivity contribution is 5.25. The molecule has 1 aliphatic rings. The number of hydrogen-bond acceptors (Lipinski definition) is 1. The second kappa shape index (κ2) is 4.54. The summed E-state index contributed by atoms with van der Waals surface area (Å²) in [7, 11) is 4.21. The third kappa shape index (κ3) is 1.99. The standard InChI is InChI=1S/C14H20FN/c1-16(2)14(10-8-13(15)9-11-14)12-6-4-3-5-7-12/h3-7,13H,8-11H2,1-2H3. The van der Waals surface area contributed by atoms with Crippen LogP contribution in [0.15, 0.2) is 30.3 Å². The van der Waals surface area contributed by atoms with Crippen LogP contribution in [0, 0.1) is 0 Å². The monoisotopic (exact) mass is 221 g/mol. The average Bonchev–Trinajstić information content (AvgIpc) is 2.31. The van der Waals surface area contributed by atoms with Crippen molar-refractivity contribution in [1.29, 1.82) is 0 Å². The Balaban J connectivity index is 2.30. The Morgan fingerprint density at radius 2 is 1.69 bits per heavy atom. The highest BCUT2D eigenvalue weighted by atomic mass is 19.1. The van der Waals surface area contributed by atoms with Gasteiger partial charge in [-0.05, 0) is 45.3 Å². The summed E-state index contributed by atoms with van der Waals surface area (Å²) >= 11 is 0. The third-order valence-corrected chi connectivity index (χ3v) is 3.91. The number of benzene rings is 1. The van der Waals surface area contributed by atoms with E-state index >= 15 is 0 Å². The van der Waals surface area contributed by atoms with E-state index in [4.69, 9.17) is 0 Å². The molecule has 0 N–H and O–H groups in total. The molecule has 0 radical (unpaired) electrons. The predicted octanol–water partition coefficient (Wildman–Crippen LogP) is 3.36. The van der Waals surface area contributed by atoms with Crippen molar-refractivity contribution in [3.63, 3.8) is 0 Å². The van der Waals surface area contributed by atoms with Gasteiger partial charge in [-0.2, -0.15) is 0 Å². The molecule has 0 aromatic heterocycles. The van der Waals surface area contributed by atoms with Gasteiger partial charge in [0.05, 0.1) is 0 Å². The molecule has 1 fully saturated rings. The van der Waals surface area contributed by atoms with Gasteiger partial charge in [0, 0.05) is 5.54 Å². The first-order valence-corrected chi connectivity index (χ1v) is 6.02. The highest BCUT2D eigenvalue weighted by Crippen LogP contribution is 2.41. The Kier molecular flexibility index (Phi) is 3.29. The summed E-state index contributed by atoms with van der Waals surface area (Å²) in [6.07, 6.45) is 2.62. The van der Waals surface area contributed by atoms with Crippen LogP contribution < -0.4 is 0 Å². The van der Waals surface area contributed by atoms with Crippen LogP contribution in [0.2, 0.25) is 0 Å². The van der Waals surface area contributed by atoms with Gasteiger partial charge >= 0.3 is 0 Å². The summed E-state index contributed by atoms with van der Waals surface area (Å²) < 4.78 is 13.3. The predicted molar refractivity (Wildman–Crippen MR) is 65.2 cm³/mol. The highest BCUT2D eigenvalue weighted by Gasteiger charge is 2.38. The molecule has 0 saturated heterocycles. The first kappa shape index (κ1) is 11.6. The maximum Gasteiger partial charge on any atom is 0.100 e. The van der Waals surface area contributed by atoms with E-state index in [0.717, 1.165) is 12.8 Å². The van der Waals surface area contributed by atoms with Crippen molar-refractivity contribution < 1.29 is 4.39 Å². The van der Waals surface area contributed by atoms with Crippen molar-refractivity contribution in [2.45, 2.75) is 37.4 Å². The van der Waals surface area contributed by atoms with Gasteiger partial charge in [0.1, 0.15) is 6.17 Å². The van der Waals surface area contributed by atoms with Crippen LogP contribution in [0.1, 0.15) is 31.2 Å². The minimum absolute atomic E-state index is 0.0455. The number of alkyl halides is 1. The Morgan fingerprint density at radius 3 is 2.19 bits per heavy atom. The Morgan fingerprint density at radius 1 is 1.12 bits per heavy atom. The Bertz CT molecular complexity index is 326. The van der Waals surface area contributed by atoms with E-state index in [9.17, 15) is 4.39 Å². The molecular formula is C14H20FN. The number of halogens is 1. The number of nitrogens with zero attached hydrogens (tertiary/aromatic N) is 1. The lowest BCUT2D eigenvalue weighted by molar-refractivity contribution is 0.0649. The molecular weight excluding hydrogens is 201 g/mol. The molecule has 1 saturated carbocycles. The van der Waals surface area contributed by atoms with E-state index in [0.29, 0.717) is 12.8 Å². The average molecular weight is 221 g/mol. The number of hydrogen-bond donors (Lipinski definition) is 0. The topological polar surface area (TPSA) is 3.24 Å². The maximum absolute atomic E-state index is 13.3. The SMILES string of the molecule is CN(C)C1(c2ccccc2)CCC(F)CC1. The van der Waals surface area contributed by atoms with Crippen molar-refractivity contribution in [3.05, 3.63) is 35.9 Å². The minimum atomic E-state index is -0.600. The molecule has 1 aromatic rings. The molecule has 1 nitrogen and oxygen atoms in total. The van der Waals surface area contributed by atoms with E-state index in [2.05, 4.69) is 43.3 Å². The van der Waals surface area contributed by atoms with Gasteiger partial charge in [-0.3, -0.25) is 4.90 Å². The van der Waals surface area contributed by atoms with Crippen LogP contribution in [-0.2, 0) is 5.54 Å². The van der Waals surface area contributed by atoms with Gasteiger partial charge in [0.25, 0.3) is 0 Å². The Labute approximate surface area is 97.3 Å². The van der Waals surface area contributed by atoms with Crippen LogP contribution in [0.3, 0.4) is 0 Å². The summed E-state index contributed by atoms with van der Waals surface area (Å²) in [6, 6.07) is 10.5. The van der Waals surface area contributed by atoms with Gasteiger partial charge in [0.2, 0.25) is 0 Å². The second-order valence-corrected chi connectivity index (χ2v) is 4.97. The largest absolute Gasteiger partial charge is 0.300 e. The normalized spacial score (nSPS) is 30.6. The van der Waals surface area contributed by atoms with Crippen molar-refractivity contribution >= 4 is 0 Å². The van der Waals surface area contributed by atoms with Crippen LogP contribution in [-0.4, -0.2) is 25.2 Å². The minimum Gasteiger partial charge on any atom is -0.300 e. The third-order valence-electron chi connectivity index (χ3n) is 3.91. The molecule has 0 spiro atoms. The second-order valence-electron chi connectivity index (χ2n) is 4.97. The zero-order valence-electron chi connectivity index (χ0n) is 10.1. The van der Waals surface area contributed by atoms with Crippen LogP contribution in [0.25, 0.3) is 0 Å². The van der Waals surface area contributed by atoms with Crippen molar-refractivity contribution in [2.24, 2.45) is 0 Å². The first-order valence-electron chi connectivity index (χ1n) is 6.02. The van der Waals surface area contributed by atoms with E-state index in [1.807, 2.05) is 6.07 Å². The van der Waals surface area contributed by atoms with Crippen LogP contribution in [0.5, 0.6) is 0 Å². The molecule has 0 atom stereocenters. The lowest BCUT2D eigenvalue weighted by Crippen LogP contribution is -2.44. The van der Waals surface area contributed by atoms with Gasteiger partial charge in [-0.1, -0.05) is 30.3 Å². The van der Waals surface area contributed by atoms with Gasteiger partial charge in [-0.25, -0.2) is 4.39 Å². The lowest BCUT2D eigenvalue weighted by Gasteiger charge is -2.44. The molecule has 2 rings (SSSR count). The van der Waals surface area contributed by atoms with Crippen LogP contribution >= 0.6 is 0 Å². The molecule has 88 valence electrons. The summed E-state index contributed by atoms with van der Waals surface area (Å²) in [5.41, 5.74) is 1.37. The van der Waals surface area contributed by atoms with Gasteiger partial charge in [-0.15, -0.1) is 0 Å². The Hall–Kier alpha value is -0.890. The summed E-state index contributed by atoms with van der Waals surface area (Å²) in [5.74, 6) is 0. The van der Waals surface area contributed by atoms with E-state index < -0.39 is 6.17 Å². The smallest absolute Gasteiger partial charge is 0.100 e. The maximum atomic E-state index is 13.3. The molecule has 0 amide bonds.